The van der Waals surface area contributed by atoms with Gasteiger partial charge in [-0.3, -0.25) is 0 Å². The summed E-state index contributed by atoms with van der Waals surface area (Å²) in [4.78, 5) is 13.5. The maximum Gasteiger partial charge on any atom is 0.410 e. The summed E-state index contributed by atoms with van der Waals surface area (Å²) in [6, 6.07) is 0.922. The van der Waals surface area contributed by atoms with Gasteiger partial charge in [-0.1, -0.05) is 6.92 Å². The molecule has 1 aliphatic heterocycles. The van der Waals surface area contributed by atoms with Crippen molar-refractivity contribution in [2.45, 2.75) is 52.3 Å². The highest BCUT2D eigenvalue weighted by molar-refractivity contribution is 7.99. The van der Waals surface area contributed by atoms with Crippen LogP contribution in [0.5, 0.6) is 0 Å². The molecule has 1 saturated heterocycles. The smallest absolute Gasteiger partial charge is 0.410 e. The molecule has 1 fully saturated rings. The summed E-state index contributed by atoms with van der Waals surface area (Å²) in [6.45, 7) is 11.6. The molecule has 0 radical (unpaired) electrons. The molecule has 5 heteroatoms. The van der Waals surface area contributed by atoms with Gasteiger partial charge >= 0.3 is 6.09 Å². The first-order valence-corrected chi connectivity index (χ1v) is 7.79. The van der Waals surface area contributed by atoms with Crippen LogP contribution in [-0.2, 0) is 4.74 Å². The van der Waals surface area contributed by atoms with Crippen molar-refractivity contribution in [2.24, 2.45) is 0 Å². The summed E-state index contributed by atoms with van der Waals surface area (Å²) in [5, 5.41) is 3.53. The van der Waals surface area contributed by atoms with Gasteiger partial charge in [0.25, 0.3) is 0 Å². The largest absolute Gasteiger partial charge is 0.444 e. The number of likely N-dealkylation sites (tertiary alicyclic amines) is 1. The molecule has 0 bridgehead atoms. The SMILES string of the molecule is CCSCC(C)NC1CN(C(=O)OC(C)(C)C)C1. The standard InChI is InChI=1S/C13H26N2O2S/c1-6-18-9-10(2)14-11-7-15(8-11)12(16)17-13(3,4)5/h10-11,14H,6-9H2,1-5H3. The van der Waals surface area contributed by atoms with Crippen LogP contribution in [0, 0.1) is 0 Å². The number of nitrogens with zero attached hydrogens (tertiary/aromatic N) is 1. The summed E-state index contributed by atoms with van der Waals surface area (Å²) in [5.74, 6) is 2.28. The van der Waals surface area contributed by atoms with Gasteiger partial charge in [0.1, 0.15) is 5.60 Å². The highest BCUT2D eigenvalue weighted by Crippen LogP contribution is 2.15. The zero-order valence-corrected chi connectivity index (χ0v) is 13.0. The number of carbonyl (C=O) groups excluding carboxylic acids is 1. The van der Waals surface area contributed by atoms with E-state index in [0.717, 1.165) is 24.6 Å². The summed E-state index contributed by atoms with van der Waals surface area (Å²) in [6.07, 6.45) is -0.198. The van der Waals surface area contributed by atoms with Gasteiger partial charge in [0.2, 0.25) is 0 Å². The fourth-order valence-electron chi connectivity index (χ4n) is 1.80. The first kappa shape index (κ1) is 15.6. The topological polar surface area (TPSA) is 41.6 Å². The van der Waals surface area contributed by atoms with Crippen LogP contribution < -0.4 is 5.32 Å². The van der Waals surface area contributed by atoms with Crippen molar-refractivity contribution in [3.63, 3.8) is 0 Å². The average molecular weight is 274 g/mol. The number of nitrogens with one attached hydrogen (secondary N) is 1. The van der Waals surface area contributed by atoms with E-state index >= 15 is 0 Å². The number of thioether (sulfide) groups is 1. The van der Waals surface area contributed by atoms with E-state index in [1.807, 2.05) is 32.5 Å². The summed E-state index contributed by atoms with van der Waals surface area (Å²) in [5.41, 5.74) is -0.402. The zero-order chi connectivity index (χ0) is 13.8. The van der Waals surface area contributed by atoms with Crippen LogP contribution in [0.15, 0.2) is 0 Å². The lowest BCUT2D eigenvalue weighted by molar-refractivity contribution is 0.00461. The Hall–Kier alpha value is -0.420. The molecular weight excluding hydrogens is 248 g/mol. The van der Waals surface area contributed by atoms with E-state index in [0.29, 0.717) is 12.1 Å². The molecule has 0 saturated carbocycles. The second kappa shape index (κ2) is 6.66. The molecule has 1 amide bonds. The first-order chi connectivity index (χ1) is 8.31. The molecule has 1 atom stereocenters. The Morgan fingerprint density at radius 1 is 1.50 bits per heavy atom. The van der Waals surface area contributed by atoms with Gasteiger partial charge in [-0.05, 0) is 33.4 Å². The van der Waals surface area contributed by atoms with Crippen molar-refractivity contribution in [1.29, 1.82) is 0 Å². The third-order valence-corrected chi connectivity index (χ3v) is 3.77. The van der Waals surface area contributed by atoms with Gasteiger partial charge in [0.05, 0.1) is 0 Å². The molecule has 4 nitrogen and oxygen atoms in total. The molecule has 0 aromatic heterocycles. The Morgan fingerprint density at radius 3 is 2.61 bits per heavy atom. The van der Waals surface area contributed by atoms with E-state index in [2.05, 4.69) is 19.2 Å². The van der Waals surface area contributed by atoms with Crippen LogP contribution in [-0.4, -0.2) is 53.3 Å². The summed E-state index contributed by atoms with van der Waals surface area (Å²) >= 11 is 1.94. The highest BCUT2D eigenvalue weighted by Gasteiger charge is 2.33. The summed E-state index contributed by atoms with van der Waals surface area (Å²) < 4.78 is 5.31. The minimum Gasteiger partial charge on any atom is -0.444 e. The third kappa shape index (κ3) is 5.48. The van der Waals surface area contributed by atoms with Crippen molar-refractivity contribution in [3.05, 3.63) is 0 Å². The van der Waals surface area contributed by atoms with Gasteiger partial charge in [-0.25, -0.2) is 4.79 Å². The fraction of sp³-hybridized carbons (Fsp3) is 0.923. The molecule has 18 heavy (non-hydrogen) atoms. The minimum atomic E-state index is -0.402. The monoisotopic (exact) mass is 274 g/mol. The molecule has 106 valence electrons. The number of hydrogen-bond acceptors (Lipinski definition) is 4. The van der Waals surface area contributed by atoms with Crippen molar-refractivity contribution in [2.75, 3.05) is 24.6 Å². The number of carbonyl (C=O) groups is 1. The molecule has 0 aromatic carbocycles. The number of rotatable bonds is 5. The van der Waals surface area contributed by atoms with Crippen molar-refractivity contribution < 1.29 is 9.53 Å². The minimum absolute atomic E-state index is 0.198. The highest BCUT2D eigenvalue weighted by atomic mass is 32.2. The fourth-order valence-corrected chi connectivity index (χ4v) is 2.49. The number of ether oxygens (including phenoxy) is 1. The molecule has 1 aliphatic rings. The Morgan fingerprint density at radius 2 is 2.11 bits per heavy atom. The molecular formula is C13H26N2O2S. The molecule has 0 aromatic rings. The first-order valence-electron chi connectivity index (χ1n) is 6.63. The van der Waals surface area contributed by atoms with E-state index in [1.165, 1.54) is 0 Å². The van der Waals surface area contributed by atoms with Gasteiger partial charge in [0, 0.05) is 30.9 Å². The lowest BCUT2D eigenvalue weighted by Gasteiger charge is -2.41. The predicted octanol–water partition coefficient (Wildman–Crippen LogP) is 2.34. The van der Waals surface area contributed by atoms with E-state index in [1.54, 1.807) is 4.90 Å². The second-order valence-electron chi connectivity index (χ2n) is 5.81. The van der Waals surface area contributed by atoms with Crippen LogP contribution in [0.25, 0.3) is 0 Å². The van der Waals surface area contributed by atoms with Crippen LogP contribution in [0.4, 0.5) is 4.79 Å². The second-order valence-corrected chi connectivity index (χ2v) is 7.13. The van der Waals surface area contributed by atoms with Crippen LogP contribution in [0.2, 0.25) is 0 Å². The average Bonchev–Trinajstić information content (AvgIpc) is 2.16. The van der Waals surface area contributed by atoms with Crippen LogP contribution in [0.1, 0.15) is 34.6 Å². The van der Waals surface area contributed by atoms with Gasteiger partial charge in [-0.2, -0.15) is 11.8 Å². The van der Waals surface area contributed by atoms with Crippen molar-refractivity contribution >= 4 is 17.9 Å². The Labute approximate surface area is 115 Å². The van der Waals surface area contributed by atoms with E-state index in [-0.39, 0.29) is 6.09 Å². The Bertz CT molecular complexity index is 273. The molecule has 0 spiro atoms. The van der Waals surface area contributed by atoms with E-state index in [4.69, 9.17) is 4.74 Å². The predicted molar refractivity (Wildman–Crippen MR) is 77.2 cm³/mol. The maximum atomic E-state index is 11.7. The summed E-state index contributed by atoms with van der Waals surface area (Å²) in [7, 11) is 0. The molecule has 0 aliphatic carbocycles. The Kier molecular flexibility index (Phi) is 5.79. The quantitative estimate of drug-likeness (QED) is 0.835. The lowest BCUT2D eigenvalue weighted by atomic mass is 10.1. The van der Waals surface area contributed by atoms with E-state index in [9.17, 15) is 4.79 Å². The number of amides is 1. The normalized spacial score (nSPS) is 18.4. The molecule has 1 heterocycles. The molecule has 1 N–H and O–H groups in total. The zero-order valence-electron chi connectivity index (χ0n) is 12.2. The molecule has 1 rings (SSSR count). The number of hydrogen-bond donors (Lipinski definition) is 1. The van der Waals surface area contributed by atoms with Gasteiger partial charge in [-0.15, -0.1) is 0 Å². The van der Waals surface area contributed by atoms with Crippen molar-refractivity contribution in [3.8, 4) is 0 Å². The third-order valence-electron chi connectivity index (χ3n) is 2.63. The lowest BCUT2D eigenvalue weighted by Crippen LogP contribution is -2.62. The van der Waals surface area contributed by atoms with Crippen LogP contribution in [0.3, 0.4) is 0 Å². The maximum absolute atomic E-state index is 11.7. The molecule has 1 unspecified atom stereocenters. The van der Waals surface area contributed by atoms with Crippen molar-refractivity contribution in [1.82, 2.24) is 10.2 Å². The van der Waals surface area contributed by atoms with Gasteiger partial charge < -0.3 is 15.0 Å². The van der Waals surface area contributed by atoms with Gasteiger partial charge in [0.15, 0.2) is 0 Å². The van der Waals surface area contributed by atoms with Crippen LogP contribution >= 0.6 is 11.8 Å². The Balaban J connectivity index is 2.17. The van der Waals surface area contributed by atoms with E-state index < -0.39 is 5.60 Å².